The van der Waals surface area contributed by atoms with Gasteiger partial charge in [0.2, 0.25) is 5.91 Å². The predicted octanol–water partition coefficient (Wildman–Crippen LogP) is 4.25. The first-order chi connectivity index (χ1) is 13.5. The predicted molar refractivity (Wildman–Crippen MR) is 111 cm³/mol. The molecule has 1 fully saturated rings. The molecule has 2 heterocycles. The lowest BCUT2D eigenvalue weighted by Crippen LogP contribution is -2.30. The van der Waals surface area contributed by atoms with Crippen molar-refractivity contribution in [2.45, 2.75) is 32.4 Å². The second kappa shape index (κ2) is 7.72. The van der Waals surface area contributed by atoms with Crippen LogP contribution in [0.4, 0.5) is 0 Å². The second-order valence-corrected chi connectivity index (χ2v) is 8.29. The molecule has 0 radical (unpaired) electrons. The van der Waals surface area contributed by atoms with Gasteiger partial charge in [0.05, 0.1) is 16.3 Å². The number of para-hydroxylation sites is 1. The third kappa shape index (κ3) is 3.64. The van der Waals surface area contributed by atoms with E-state index in [1.54, 1.807) is 16.2 Å². The second-order valence-electron chi connectivity index (χ2n) is 7.23. The summed E-state index contributed by atoms with van der Waals surface area (Å²) in [6, 6.07) is 15.5. The summed E-state index contributed by atoms with van der Waals surface area (Å²) in [4.78, 5) is 33.2. The van der Waals surface area contributed by atoms with Gasteiger partial charge in [0, 0.05) is 32.1 Å². The van der Waals surface area contributed by atoms with Crippen LogP contribution < -0.4 is 0 Å². The average molecular weight is 394 g/mol. The Morgan fingerprint density at radius 3 is 2.82 bits per heavy atom. The molecule has 1 aliphatic rings. The molecule has 0 bridgehead atoms. The standard InChI is InChI=1S/C22H23N3O2S/c1-15(21-23-18-9-3-4-10-19(18)28-21)24(2)22(27)17-8-5-7-16(13-17)14-25-12-6-11-20(25)26/h3-5,7-10,13,15H,6,11-12,14H2,1-2H3/t15-/m0/s1. The number of carbonyl (C=O) groups excluding carboxylic acids is 2. The smallest absolute Gasteiger partial charge is 0.254 e. The van der Waals surface area contributed by atoms with Gasteiger partial charge in [0.1, 0.15) is 5.01 Å². The number of aromatic nitrogens is 1. The molecule has 0 unspecified atom stereocenters. The Labute approximate surface area is 168 Å². The fraction of sp³-hybridized carbons (Fsp3) is 0.318. The quantitative estimate of drug-likeness (QED) is 0.651. The number of hydrogen-bond acceptors (Lipinski definition) is 4. The summed E-state index contributed by atoms with van der Waals surface area (Å²) >= 11 is 1.62. The number of nitrogens with zero attached hydrogens (tertiary/aromatic N) is 3. The number of carbonyl (C=O) groups is 2. The zero-order chi connectivity index (χ0) is 19.7. The number of rotatable bonds is 5. The molecule has 28 heavy (non-hydrogen) atoms. The van der Waals surface area contributed by atoms with Gasteiger partial charge in [0.25, 0.3) is 5.91 Å². The summed E-state index contributed by atoms with van der Waals surface area (Å²) in [6.45, 7) is 3.37. The molecule has 1 atom stereocenters. The normalized spacial score (nSPS) is 15.2. The molecule has 3 aromatic rings. The van der Waals surface area contributed by atoms with Crippen molar-refractivity contribution in [3.63, 3.8) is 0 Å². The van der Waals surface area contributed by atoms with Crippen LogP contribution in [-0.4, -0.2) is 40.2 Å². The van der Waals surface area contributed by atoms with E-state index in [0.29, 0.717) is 18.5 Å². The van der Waals surface area contributed by atoms with E-state index < -0.39 is 0 Å². The van der Waals surface area contributed by atoms with Crippen LogP contribution in [0.1, 0.15) is 46.7 Å². The van der Waals surface area contributed by atoms with Crippen molar-refractivity contribution < 1.29 is 9.59 Å². The lowest BCUT2D eigenvalue weighted by atomic mass is 10.1. The maximum atomic E-state index is 13.1. The van der Waals surface area contributed by atoms with E-state index in [0.717, 1.165) is 33.8 Å². The third-order valence-electron chi connectivity index (χ3n) is 5.29. The van der Waals surface area contributed by atoms with E-state index in [2.05, 4.69) is 4.98 Å². The molecule has 1 saturated heterocycles. The fourth-order valence-electron chi connectivity index (χ4n) is 3.51. The maximum absolute atomic E-state index is 13.1. The van der Waals surface area contributed by atoms with Crippen LogP contribution >= 0.6 is 11.3 Å². The zero-order valence-electron chi connectivity index (χ0n) is 16.1. The van der Waals surface area contributed by atoms with E-state index in [1.807, 2.05) is 67.4 Å². The van der Waals surface area contributed by atoms with Gasteiger partial charge in [-0.1, -0.05) is 24.3 Å². The summed E-state index contributed by atoms with van der Waals surface area (Å²) in [5, 5.41) is 0.927. The van der Waals surface area contributed by atoms with Crippen molar-refractivity contribution in [1.29, 1.82) is 0 Å². The zero-order valence-corrected chi connectivity index (χ0v) is 16.9. The summed E-state index contributed by atoms with van der Waals surface area (Å²) in [5.74, 6) is 0.152. The molecule has 2 amide bonds. The van der Waals surface area contributed by atoms with Gasteiger partial charge >= 0.3 is 0 Å². The molecule has 0 saturated carbocycles. The molecule has 0 aliphatic carbocycles. The van der Waals surface area contributed by atoms with Crippen molar-refractivity contribution in [2.24, 2.45) is 0 Å². The lowest BCUT2D eigenvalue weighted by molar-refractivity contribution is -0.128. The molecule has 0 spiro atoms. The Morgan fingerprint density at radius 1 is 1.25 bits per heavy atom. The van der Waals surface area contributed by atoms with Gasteiger partial charge in [0.15, 0.2) is 0 Å². The first kappa shape index (κ1) is 18.6. The minimum atomic E-state index is -0.117. The minimum absolute atomic E-state index is 0.0404. The highest BCUT2D eigenvalue weighted by atomic mass is 32.1. The van der Waals surface area contributed by atoms with Crippen LogP contribution in [0, 0.1) is 0 Å². The van der Waals surface area contributed by atoms with Crippen LogP contribution in [0.2, 0.25) is 0 Å². The average Bonchev–Trinajstić information content (AvgIpc) is 3.32. The topological polar surface area (TPSA) is 53.5 Å². The molecule has 4 rings (SSSR count). The van der Waals surface area contributed by atoms with Gasteiger partial charge in [-0.2, -0.15) is 0 Å². The maximum Gasteiger partial charge on any atom is 0.254 e. The number of likely N-dealkylation sites (tertiary alicyclic amines) is 1. The Bertz CT molecular complexity index is 996. The summed E-state index contributed by atoms with van der Waals surface area (Å²) in [7, 11) is 1.82. The van der Waals surface area contributed by atoms with Gasteiger partial charge < -0.3 is 9.80 Å². The highest BCUT2D eigenvalue weighted by molar-refractivity contribution is 7.18. The largest absolute Gasteiger partial charge is 0.338 e. The van der Waals surface area contributed by atoms with Crippen molar-refractivity contribution in [3.8, 4) is 0 Å². The van der Waals surface area contributed by atoms with Crippen LogP contribution in [0.15, 0.2) is 48.5 Å². The van der Waals surface area contributed by atoms with Crippen LogP contribution in [0.3, 0.4) is 0 Å². The third-order valence-corrected chi connectivity index (χ3v) is 6.49. The highest BCUT2D eigenvalue weighted by Crippen LogP contribution is 2.29. The number of benzene rings is 2. The van der Waals surface area contributed by atoms with Crippen molar-refractivity contribution in [2.75, 3.05) is 13.6 Å². The molecule has 1 aliphatic heterocycles. The molecule has 144 valence electrons. The fourth-order valence-corrected chi connectivity index (χ4v) is 4.57. The van der Waals surface area contributed by atoms with Gasteiger partial charge in [-0.3, -0.25) is 9.59 Å². The van der Waals surface area contributed by atoms with Gasteiger partial charge in [-0.05, 0) is 43.2 Å². The van der Waals surface area contributed by atoms with E-state index in [9.17, 15) is 9.59 Å². The summed E-state index contributed by atoms with van der Waals surface area (Å²) < 4.78 is 1.13. The molecule has 2 aromatic carbocycles. The Morgan fingerprint density at radius 2 is 2.07 bits per heavy atom. The van der Waals surface area contributed by atoms with Crippen LogP contribution in [0.25, 0.3) is 10.2 Å². The van der Waals surface area contributed by atoms with E-state index >= 15 is 0 Å². The molecule has 1 aromatic heterocycles. The first-order valence-corrected chi connectivity index (χ1v) is 10.3. The first-order valence-electron chi connectivity index (χ1n) is 9.52. The summed E-state index contributed by atoms with van der Waals surface area (Å²) in [5.41, 5.74) is 2.59. The Balaban J connectivity index is 1.51. The number of thiazole rings is 1. The Hall–Kier alpha value is -2.73. The van der Waals surface area contributed by atoms with E-state index in [4.69, 9.17) is 0 Å². The molecule has 5 nitrogen and oxygen atoms in total. The van der Waals surface area contributed by atoms with Gasteiger partial charge in [-0.15, -0.1) is 11.3 Å². The molecule has 0 N–H and O–H groups in total. The molecular formula is C22H23N3O2S. The highest BCUT2D eigenvalue weighted by Gasteiger charge is 2.23. The monoisotopic (exact) mass is 393 g/mol. The minimum Gasteiger partial charge on any atom is -0.338 e. The number of hydrogen-bond donors (Lipinski definition) is 0. The van der Waals surface area contributed by atoms with Crippen LogP contribution in [0.5, 0.6) is 0 Å². The number of fused-ring (bicyclic) bond motifs is 1. The molecular weight excluding hydrogens is 370 g/mol. The molecule has 6 heteroatoms. The van der Waals surface area contributed by atoms with Crippen molar-refractivity contribution >= 4 is 33.4 Å². The van der Waals surface area contributed by atoms with Gasteiger partial charge in [-0.25, -0.2) is 4.98 Å². The van der Waals surface area contributed by atoms with Crippen molar-refractivity contribution in [1.82, 2.24) is 14.8 Å². The van der Waals surface area contributed by atoms with Crippen molar-refractivity contribution in [3.05, 3.63) is 64.7 Å². The lowest BCUT2D eigenvalue weighted by Gasteiger charge is -2.24. The van der Waals surface area contributed by atoms with E-state index in [-0.39, 0.29) is 17.9 Å². The Kier molecular flexibility index (Phi) is 5.13. The SMILES string of the molecule is C[C@@H](c1nc2ccccc2s1)N(C)C(=O)c1cccc(CN2CCCC2=O)c1. The number of amides is 2. The van der Waals surface area contributed by atoms with Crippen LogP contribution in [-0.2, 0) is 11.3 Å². The van der Waals surface area contributed by atoms with E-state index in [1.165, 1.54) is 0 Å². The summed E-state index contributed by atoms with van der Waals surface area (Å²) in [6.07, 6.45) is 1.54.